The summed E-state index contributed by atoms with van der Waals surface area (Å²) in [6.45, 7) is 0.736. The fraction of sp³-hybridized carbons (Fsp3) is 0.583. The molecule has 0 spiro atoms. The number of amides is 1. The van der Waals surface area contributed by atoms with Gasteiger partial charge < -0.3 is 11.1 Å². The lowest BCUT2D eigenvalue weighted by molar-refractivity contribution is -0.121. The number of hydrogen-bond acceptors (Lipinski definition) is 4. The van der Waals surface area contributed by atoms with E-state index >= 15 is 0 Å². The van der Waals surface area contributed by atoms with Crippen molar-refractivity contribution in [2.75, 3.05) is 11.9 Å². The van der Waals surface area contributed by atoms with Crippen molar-refractivity contribution in [3.63, 3.8) is 0 Å². The first-order valence-corrected chi connectivity index (χ1v) is 6.06. The fourth-order valence-electron chi connectivity index (χ4n) is 2.25. The van der Waals surface area contributed by atoms with Crippen molar-refractivity contribution in [1.82, 2.24) is 9.97 Å². The van der Waals surface area contributed by atoms with Gasteiger partial charge in [-0.2, -0.15) is 0 Å². The van der Waals surface area contributed by atoms with E-state index in [0.717, 1.165) is 32.2 Å². The summed E-state index contributed by atoms with van der Waals surface area (Å²) >= 11 is 0. The summed E-state index contributed by atoms with van der Waals surface area (Å²) in [5.41, 5.74) is 5.63. The van der Waals surface area contributed by atoms with E-state index in [4.69, 9.17) is 5.73 Å². The Morgan fingerprint density at radius 2 is 2.00 bits per heavy atom. The molecule has 7 heteroatoms. The molecule has 0 atom stereocenters. The third-order valence-corrected chi connectivity index (χ3v) is 3.38. The molecule has 1 aliphatic carbocycles. The van der Waals surface area contributed by atoms with Crippen LogP contribution in [0.1, 0.15) is 25.7 Å². The van der Waals surface area contributed by atoms with Crippen molar-refractivity contribution in [2.45, 2.75) is 25.7 Å². The summed E-state index contributed by atoms with van der Waals surface area (Å²) in [5, 5.41) is 2.82. The summed E-state index contributed by atoms with van der Waals surface area (Å²) in [4.78, 5) is 19.8. The molecule has 1 heterocycles. The quantitative estimate of drug-likeness (QED) is 0.822. The van der Waals surface area contributed by atoms with Gasteiger partial charge in [0.05, 0.1) is 0 Å². The van der Waals surface area contributed by atoms with Gasteiger partial charge in [-0.25, -0.2) is 9.97 Å². The second-order valence-corrected chi connectivity index (χ2v) is 4.54. The number of carbonyl (C=O) groups excluding carboxylic acids is 1. The predicted molar refractivity (Wildman–Crippen MR) is 85.8 cm³/mol. The lowest BCUT2D eigenvalue weighted by atomic mass is 9.81. The van der Waals surface area contributed by atoms with Gasteiger partial charge in [-0.15, -0.1) is 34.0 Å². The zero-order valence-corrected chi connectivity index (χ0v) is 14.0. The van der Waals surface area contributed by atoms with Gasteiger partial charge in [-0.05, 0) is 44.2 Å². The number of nitrogens with zero attached hydrogens (tertiary/aromatic N) is 2. The Morgan fingerprint density at radius 1 is 1.32 bits per heavy atom. The van der Waals surface area contributed by atoms with Gasteiger partial charge >= 0.3 is 0 Å². The number of halogens is 2. The van der Waals surface area contributed by atoms with Crippen LogP contribution in [0.3, 0.4) is 0 Å². The Balaban J connectivity index is 0.00000162. The molecule has 5 nitrogen and oxygen atoms in total. The summed E-state index contributed by atoms with van der Waals surface area (Å²) in [6, 6.07) is 1.70. The Morgan fingerprint density at radius 3 is 2.53 bits per heavy atom. The molecule has 1 amide bonds. The monoisotopic (exact) mass is 394 g/mol. The van der Waals surface area contributed by atoms with E-state index in [1.54, 1.807) is 12.3 Å². The standard InChI is InChI=1S/C12H18N4O.2BrH/c13-7-9-1-3-10(4-2-9)12(17)16-11-5-6-14-8-15-11;;/h5-6,8-10H,1-4,7,13H2,(H,14,15,16,17);2*1H. The summed E-state index contributed by atoms with van der Waals surface area (Å²) < 4.78 is 0. The average Bonchev–Trinajstić information content (AvgIpc) is 2.40. The first-order valence-electron chi connectivity index (χ1n) is 6.06. The summed E-state index contributed by atoms with van der Waals surface area (Å²) in [5.74, 6) is 1.34. The van der Waals surface area contributed by atoms with E-state index in [9.17, 15) is 4.79 Å². The highest BCUT2D eigenvalue weighted by Gasteiger charge is 2.25. The summed E-state index contributed by atoms with van der Waals surface area (Å²) in [6.07, 6.45) is 7.02. The number of aromatic nitrogens is 2. The Bertz CT molecular complexity index is 369. The van der Waals surface area contributed by atoms with E-state index in [2.05, 4.69) is 15.3 Å². The van der Waals surface area contributed by atoms with Crippen LogP contribution in [-0.4, -0.2) is 22.4 Å². The van der Waals surface area contributed by atoms with Gasteiger partial charge in [0.25, 0.3) is 0 Å². The van der Waals surface area contributed by atoms with E-state index in [-0.39, 0.29) is 45.8 Å². The first-order chi connectivity index (χ1) is 8.29. The third kappa shape index (κ3) is 5.54. The van der Waals surface area contributed by atoms with Crippen LogP contribution >= 0.6 is 34.0 Å². The zero-order valence-electron chi connectivity index (χ0n) is 10.6. The van der Waals surface area contributed by atoms with Crippen LogP contribution in [-0.2, 0) is 4.79 Å². The SMILES string of the molecule is Br.Br.NCC1CCC(C(=O)Nc2ccncn2)CC1. The molecule has 0 radical (unpaired) electrons. The van der Waals surface area contributed by atoms with E-state index < -0.39 is 0 Å². The van der Waals surface area contributed by atoms with Crippen LogP contribution in [0, 0.1) is 11.8 Å². The summed E-state index contributed by atoms with van der Waals surface area (Å²) in [7, 11) is 0. The lowest BCUT2D eigenvalue weighted by Crippen LogP contribution is -2.29. The van der Waals surface area contributed by atoms with Crippen molar-refractivity contribution >= 4 is 45.7 Å². The minimum Gasteiger partial charge on any atom is -0.330 e. The van der Waals surface area contributed by atoms with Crippen LogP contribution in [0.2, 0.25) is 0 Å². The molecule has 1 aromatic heterocycles. The van der Waals surface area contributed by atoms with Crippen LogP contribution in [0.25, 0.3) is 0 Å². The molecule has 1 aromatic rings. The topological polar surface area (TPSA) is 80.9 Å². The largest absolute Gasteiger partial charge is 0.330 e. The minimum absolute atomic E-state index is 0. The molecule has 0 aliphatic heterocycles. The van der Waals surface area contributed by atoms with E-state index in [1.165, 1.54) is 6.33 Å². The number of hydrogen-bond donors (Lipinski definition) is 2. The van der Waals surface area contributed by atoms with Gasteiger partial charge in [0, 0.05) is 12.1 Å². The zero-order chi connectivity index (χ0) is 12.1. The minimum atomic E-state index is 0. The van der Waals surface area contributed by atoms with Crippen molar-refractivity contribution in [2.24, 2.45) is 17.6 Å². The molecule has 1 fully saturated rings. The molecule has 1 aliphatic rings. The van der Waals surface area contributed by atoms with E-state index in [1.807, 2.05) is 0 Å². The Kier molecular flexibility index (Phi) is 9.12. The van der Waals surface area contributed by atoms with Gasteiger partial charge in [0.15, 0.2) is 0 Å². The highest BCUT2D eigenvalue weighted by Crippen LogP contribution is 2.28. The molecule has 108 valence electrons. The number of nitrogens with two attached hydrogens (primary N) is 1. The molecule has 1 saturated carbocycles. The van der Waals surface area contributed by atoms with Crippen molar-refractivity contribution in [3.8, 4) is 0 Å². The maximum atomic E-state index is 12.0. The molecule has 3 N–H and O–H groups in total. The maximum absolute atomic E-state index is 12.0. The van der Waals surface area contributed by atoms with Crippen LogP contribution in [0.15, 0.2) is 18.6 Å². The molecular weight excluding hydrogens is 376 g/mol. The Hall–Kier alpha value is -0.530. The maximum Gasteiger partial charge on any atom is 0.228 e. The smallest absolute Gasteiger partial charge is 0.228 e. The number of nitrogens with one attached hydrogen (secondary N) is 1. The second kappa shape index (κ2) is 9.39. The molecule has 0 aromatic carbocycles. The van der Waals surface area contributed by atoms with Crippen molar-refractivity contribution in [1.29, 1.82) is 0 Å². The number of carbonyl (C=O) groups is 1. The predicted octanol–water partition coefficient (Wildman–Crippen LogP) is 2.34. The van der Waals surface area contributed by atoms with Gasteiger partial charge in [-0.1, -0.05) is 0 Å². The van der Waals surface area contributed by atoms with E-state index in [0.29, 0.717) is 11.7 Å². The fourth-order valence-corrected chi connectivity index (χ4v) is 2.25. The molecule has 2 rings (SSSR count). The molecule has 0 unspecified atom stereocenters. The third-order valence-electron chi connectivity index (χ3n) is 3.38. The molecule has 0 bridgehead atoms. The molecular formula is C12H20Br2N4O. The van der Waals surface area contributed by atoms with Crippen molar-refractivity contribution in [3.05, 3.63) is 18.6 Å². The lowest BCUT2D eigenvalue weighted by Gasteiger charge is -2.26. The van der Waals surface area contributed by atoms with Gasteiger partial charge in [0.1, 0.15) is 12.1 Å². The molecule has 0 saturated heterocycles. The average molecular weight is 396 g/mol. The second-order valence-electron chi connectivity index (χ2n) is 4.54. The highest BCUT2D eigenvalue weighted by atomic mass is 79.9. The molecule has 19 heavy (non-hydrogen) atoms. The normalized spacial score (nSPS) is 21.7. The first kappa shape index (κ1) is 18.5. The van der Waals surface area contributed by atoms with Gasteiger partial charge in [0.2, 0.25) is 5.91 Å². The Labute approximate surface area is 134 Å². The highest BCUT2D eigenvalue weighted by molar-refractivity contribution is 8.93. The van der Waals surface area contributed by atoms with Crippen LogP contribution in [0.4, 0.5) is 5.82 Å². The number of rotatable bonds is 3. The number of anilines is 1. The van der Waals surface area contributed by atoms with Crippen LogP contribution < -0.4 is 11.1 Å². The van der Waals surface area contributed by atoms with Crippen molar-refractivity contribution < 1.29 is 4.79 Å². The van der Waals surface area contributed by atoms with Gasteiger partial charge in [-0.3, -0.25) is 4.79 Å². The van der Waals surface area contributed by atoms with Crippen LogP contribution in [0.5, 0.6) is 0 Å².